The third-order valence-electron chi connectivity index (χ3n) is 8.19. The van der Waals surface area contributed by atoms with Gasteiger partial charge in [-0.15, -0.1) is 0 Å². The highest BCUT2D eigenvalue weighted by molar-refractivity contribution is 7.80. The van der Waals surface area contributed by atoms with Gasteiger partial charge >= 0.3 is 17.9 Å². The molecule has 2 aromatic carbocycles. The lowest BCUT2D eigenvalue weighted by Crippen LogP contribution is -2.38. The van der Waals surface area contributed by atoms with Crippen molar-refractivity contribution in [2.24, 2.45) is 0 Å². The molecular formula is C35H44N2O9S. The predicted molar refractivity (Wildman–Crippen MR) is 180 cm³/mol. The number of thiocarbonyl (C=S) groups is 1. The molecule has 0 spiro atoms. The van der Waals surface area contributed by atoms with E-state index in [9.17, 15) is 14.4 Å². The number of carbonyl (C=O) groups is 3. The SMILES string of the molecule is CCOC(=O)c1ccc(N(CC)C(=S)Oc2c(CC=C(C)CCC(=O)OCCN3CCOCC3)c(OC)c(C)c3c2C(=O)OC3)cc1. The van der Waals surface area contributed by atoms with Crippen LogP contribution in [0.25, 0.3) is 0 Å². The van der Waals surface area contributed by atoms with Gasteiger partial charge in [0.1, 0.15) is 24.5 Å². The lowest BCUT2D eigenvalue weighted by Gasteiger charge is -2.26. The van der Waals surface area contributed by atoms with Crippen LogP contribution in [0.1, 0.15) is 71.0 Å². The summed E-state index contributed by atoms with van der Waals surface area (Å²) in [5.41, 5.74) is 4.55. The molecule has 0 atom stereocenters. The average molecular weight is 669 g/mol. The van der Waals surface area contributed by atoms with Crippen LogP contribution >= 0.6 is 12.2 Å². The summed E-state index contributed by atoms with van der Waals surface area (Å²) in [6, 6.07) is 6.87. The fourth-order valence-electron chi connectivity index (χ4n) is 5.54. The summed E-state index contributed by atoms with van der Waals surface area (Å²) < 4.78 is 33.5. The largest absolute Gasteiger partial charge is 0.496 e. The number of benzene rings is 2. The monoisotopic (exact) mass is 668 g/mol. The molecular weight excluding hydrogens is 624 g/mol. The zero-order valence-electron chi connectivity index (χ0n) is 27.8. The highest BCUT2D eigenvalue weighted by Gasteiger charge is 2.34. The van der Waals surface area contributed by atoms with E-state index in [2.05, 4.69) is 4.90 Å². The van der Waals surface area contributed by atoms with Gasteiger partial charge in [0.25, 0.3) is 5.17 Å². The van der Waals surface area contributed by atoms with E-state index >= 15 is 0 Å². The second kappa shape index (κ2) is 17.2. The Hall–Kier alpha value is -4.00. The number of rotatable bonds is 14. The molecule has 0 N–H and O–H groups in total. The first-order valence-corrected chi connectivity index (χ1v) is 16.4. The van der Waals surface area contributed by atoms with Crippen LogP contribution in [0.2, 0.25) is 0 Å². The number of nitrogens with zero attached hydrogens (tertiary/aromatic N) is 2. The van der Waals surface area contributed by atoms with E-state index in [0.29, 0.717) is 79.4 Å². The molecule has 0 amide bonds. The van der Waals surface area contributed by atoms with Gasteiger partial charge in [0, 0.05) is 49.4 Å². The normalized spacial score (nSPS) is 14.7. The molecule has 0 aromatic heterocycles. The number of allylic oxidation sites excluding steroid dienone is 2. The third kappa shape index (κ3) is 9.09. The van der Waals surface area contributed by atoms with Crippen LogP contribution < -0.4 is 14.4 Å². The Kier molecular flexibility index (Phi) is 13.1. The minimum atomic E-state index is -0.493. The highest BCUT2D eigenvalue weighted by atomic mass is 32.1. The second-order valence-electron chi connectivity index (χ2n) is 11.2. The standard InChI is InChI=1S/C35H44N2O9S/c1-6-37(26-12-10-25(11-13-26)33(39)43-7-2)35(47)46-32-27(31(41-5)24(4)28-22-45-34(40)30(28)32)14-8-23(3)9-15-29(38)44-21-18-36-16-19-42-20-17-36/h8,10-13H,6-7,9,14-22H2,1-5H3. The third-order valence-corrected chi connectivity index (χ3v) is 8.50. The molecule has 47 heavy (non-hydrogen) atoms. The van der Waals surface area contributed by atoms with Crippen molar-refractivity contribution >= 4 is 41.0 Å². The van der Waals surface area contributed by atoms with Gasteiger partial charge in [0.05, 0.1) is 32.5 Å². The average Bonchev–Trinajstić information content (AvgIpc) is 3.47. The van der Waals surface area contributed by atoms with Gasteiger partial charge in [0.2, 0.25) is 0 Å². The van der Waals surface area contributed by atoms with Crippen molar-refractivity contribution in [3.8, 4) is 11.5 Å². The maximum Gasteiger partial charge on any atom is 0.342 e. The molecule has 2 aliphatic rings. The molecule has 0 unspecified atom stereocenters. The van der Waals surface area contributed by atoms with Crippen LogP contribution in [0.5, 0.6) is 11.5 Å². The molecule has 1 fully saturated rings. The molecule has 1 saturated heterocycles. The van der Waals surface area contributed by atoms with Crippen LogP contribution in [-0.2, 0) is 36.8 Å². The Morgan fingerprint density at radius 3 is 2.45 bits per heavy atom. The molecule has 0 bridgehead atoms. The number of ether oxygens (including phenoxy) is 6. The number of fused-ring (bicyclic) bond motifs is 1. The quantitative estimate of drug-likeness (QED) is 0.114. The van der Waals surface area contributed by atoms with Crippen LogP contribution in [0.3, 0.4) is 0 Å². The molecule has 2 heterocycles. The van der Waals surface area contributed by atoms with Crippen molar-refractivity contribution in [3.63, 3.8) is 0 Å². The van der Waals surface area contributed by atoms with E-state index in [0.717, 1.165) is 24.2 Å². The molecule has 12 heteroatoms. The van der Waals surface area contributed by atoms with Crippen molar-refractivity contribution < 1.29 is 42.8 Å². The van der Waals surface area contributed by atoms with Gasteiger partial charge in [0.15, 0.2) is 5.75 Å². The minimum Gasteiger partial charge on any atom is -0.496 e. The lowest BCUT2D eigenvalue weighted by atomic mass is 9.94. The smallest absolute Gasteiger partial charge is 0.342 e. The van der Waals surface area contributed by atoms with Crippen LogP contribution in [0, 0.1) is 6.92 Å². The van der Waals surface area contributed by atoms with Crippen molar-refractivity contribution in [2.45, 2.75) is 53.6 Å². The Morgan fingerprint density at radius 2 is 1.79 bits per heavy atom. The molecule has 2 aliphatic heterocycles. The van der Waals surface area contributed by atoms with Gasteiger partial charge in [-0.05, 0) is 82.6 Å². The van der Waals surface area contributed by atoms with E-state index in [1.54, 1.807) is 43.2 Å². The Labute approximate surface area is 281 Å². The number of morpholine rings is 1. The summed E-state index contributed by atoms with van der Waals surface area (Å²) in [6.07, 6.45) is 3.13. The number of methoxy groups -OCH3 is 1. The number of esters is 3. The van der Waals surface area contributed by atoms with Crippen molar-refractivity contribution in [1.29, 1.82) is 0 Å². The second-order valence-corrected chi connectivity index (χ2v) is 11.6. The van der Waals surface area contributed by atoms with Crippen LogP contribution in [-0.4, -0.2) is 87.7 Å². The molecule has 2 aromatic rings. The molecule has 0 saturated carbocycles. The van der Waals surface area contributed by atoms with Crippen LogP contribution in [0.15, 0.2) is 35.9 Å². The zero-order valence-corrected chi connectivity index (χ0v) is 28.7. The van der Waals surface area contributed by atoms with Gasteiger partial charge in [-0.1, -0.05) is 11.6 Å². The topological polar surface area (TPSA) is 113 Å². The highest BCUT2D eigenvalue weighted by Crippen LogP contribution is 2.43. The number of hydrogen-bond donors (Lipinski definition) is 0. The zero-order chi connectivity index (χ0) is 33.9. The fourth-order valence-corrected chi connectivity index (χ4v) is 5.85. The van der Waals surface area contributed by atoms with Gasteiger partial charge in [-0.25, -0.2) is 9.59 Å². The summed E-state index contributed by atoms with van der Waals surface area (Å²) in [4.78, 5) is 41.6. The molecule has 11 nitrogen and oxygen atoms in total. The lowest BCUT2D eigenvalue weighted by molar-refractivity contribution is -0.144. The summed E-state index contributed by atoms with van der Waals surface area (Å²) >= 11 is 5.77. The maximum atomic E-state index is 13.0. The molecule has 4 rings (SSSR count). The van der Waals surface area contributed by atoms with E-state index in [-0.39, 0.29) is 36.5 Å². The maximum absolute atomic E-state index is 13.0. The minimum absolute atomic E-state index is 0.106. The van der Waals surface area contributed by atoms with Crippen molar-refractivity contribution in [3.05, 3.63) is 63.7 Å². The summed E-state index contributed by atoms with van der Waals surface area (Å²) in [5, 5.41) is 0.117. The number of cyclic esters (lactones) is 1. The Morgan fingerprint density at radius 1 is 1.06 bits per heavy atom. The van der Waals surface area contributed by atoms with Crippen molar-refractivity contribution in [2.75, 3.05) is 64.6 Å². The van der Waals surface area contributed by atoms with Gasteiger partial charge in [-0.3, -0.25) is 9.69 Å². The molecule has 0 radical (unpaired) electrons. The van der Waals surface area contributed by atoms with Crippen molar-refractivity contribution in [1.82, 2.24) is 4.90 Å². The van der Waals surface area contributed by atoms with E-state index in [1.807, 2.05) is 26.8 Å². The Balaban J connectivity index is 1.51. The van der Waals surface area contributed by atoms with Gasteiger partial charge < -0.3 is 33.3 Å². The van der Waals surface area contributed by atoms with Crippen LogP contribution in [0.4, 0.5) is 5.69 Å². The first-order chi connectivity index (χ1) is 22.7. The number of carbonyl (C=O) groups excluding carboxylic acids is 3. The summed E-state index contributed by atoms with van der Waals surface area (Å²) in [6.45, 7) is 12.5. The summed E-state index contributed by atoms with van der Waals surface area (Å²) in [7, 11) is 1.57. The predicted octanol–water partition coefficient (Wildman–Crippen LogP) is 5.19. The van der Waals surface area contributed by atoms with E-state index in [1.165, 1.54) is 0 Å². The molecule has 254 valence electrons. The first-order valence-electron chi connectivity index (χ1n) is 16.0. The first kappa shape index (κ1) is 35.8. The van der Waals surface area contributed by atoms with E-state index < -0.39 is 11.9 Å². The summed E-state index contributed by atoms with van der Waals surface area (Å²) in [5.74, 6) is -0.289. The number of hydrogen-bond acceptors (Lipinski definition) is 11. The Bertz CT molecular complexity index is 1480. The van der Waals surface area contributed by atoms with E-state index in [4.69, 9.17) is 40.6 Å². The number of anilines is 1. The van der Waals surface area contributed by atoms with Gasteiger partial charge in [-0.2, -0.15) is 0 Å². The fraction of sp³-hybridized carbons (Fsp3) is 0.486. The molecule has 0 aliphatic carbocycles.